The van der Waals surface area contributed by atoms with Crippen LogP contribution in [-0.4, -0.2) is 22.8 Å². The molecule has 0 fully saturated rings. The molecule has 5 heteroatoms. The van der Waals surface area contributed by atoms with Crippen LogP contribution in [0, 0.1) is 0 Å². The van der Waals surface area contributed by atoms with Crippen LogP contribution in [0.15, 0.2) is 30.3 Å². The maximum Gasteiger partial charge on any atom is 0.222 e. The lowest BCUT2D eigenvalue weighted by atomic mass is 9.92. The Hall–Kier alpha value is -2.30. The first-order valence-corrected chi connectivity index (χ1v) is 6.84. The number of amides is 1. The van der Waals surface area contributed by atoms with Crippen LogP contribution in [0.3, 0.4) is 0 Å². The van der Waals surface area contributed by atoms with Gasteiger partial charge in [0.25, 0.3) is 0 Å². The molecule has 1 heterocycles. The van der Waals surface area contributed by atoms with Gasteiger partial charge in [0.15, 0.2) is 0 Å². The van der Waals surface area contributed by atoms with E-state index in [0.717, 1.165) is 17.1 Å². The number of hydrogen-bond acceptors (Lipinski definition) is 3. The minimum Gasteiger partial charge on any atom is -0.497 e. The molecule has 112 valence electrons. The molecular weight excluding hydrogens is 266 g/mol. The summed E-state index contributed by atoms with van der Waals surface area (Å²) in [5.74, 6) is 1.32. The highest BCUT2D eigenvalue weighted by atomic mass is 16.5. The Morgan fingerprint density at radius 3 is 2.33 bits per heavy atom. The summed E-state index contributed by atoms with van der Waals surface area (Å²) < 4.78 is 6.90. The third-order valence-corrected chi connectivity index (χ3v) is 3.10. The summed E-state index contributed by atoms with van der Waals surface area (Å²) in [7, 11) is 1.63. The molecule has 0 saturated carbocycles. The number of ether oxygens (including phenoxy) is 1. The van der Waals surface area contributed by atoms with E-state index in [-0.39, 0.29) is 11.3 Å². The number of anilines is 1. The number of aromatic nitrogens is 2. The van der Waals surface area contributed by atoms with E-state index in [2.05, 4.69) is 31.2 Å². The third-order valence-electron chi connectivity index (χ3n) is 3.10. The topological polar surface area (TPSA) is 56.1 Å². The van der Waals surface area contributed by atoms with Gasteiger partial charge in [0, 0.05) is 18.4 Å². The van der Waals surface area contributed by atoms with Gasteiger partial charge >= 0.3 is 0 Å². The van der Waals surface area contributed by atoms with Gasteiger partial charge in [-0.2, -0.15) is 5.10 Å². The largest absolute Gasteiger partial charge is 0.497 e. The number of methoxy groups -OCH3 is 1. The Kier molecular flexibility index (Phi) is 4.02. The fourth-order valence-electron chi connectivity index (χ4n) is 1.94. The molecule has 2 rings (SSSR count). The number of benzene rings is 1. The number of nitrogens with one attached hydrogen (secondary N) is 1. The summed E-state index contributed by atoms with van der Waals surface area (Å²) in [6.45, 7) is 7.75. The van der Waals surface area contributed by atoms with E-state index >= 15 is 0 Å². The zero-order chi connectivity index (χ0) is 15.6. The normalized spacial score (nSPS) is 11.3. The van der Waals surface area contributed by atoms with Gasteiger partial charge in [-0.25, -0.2) is 4.68 Å². The number of nitrogens with zero attached hydrogens (tertiary/aromatic N) is 2. The van der Waals surface area contributed by atoms with Crippen LogP contribution in [0.4, 0.5) is 5.82 Å². The van der Waals surface area contributed by atoms with E-state index in [1.807, 2.05) is 30.3 Å². The Labute approximate surface area is 124 Å². The van der Waals surface area contributed by atoms with Gasteiger partial charge in [-0.3, -0.25) is 4.79 Å². The van der Waals surface area contributed by atoms with Gasteiger partial charge in [-0.05, 0) is 24.3 Å². The molecule has 0 unspecified atom stereocenters. The van der Waals surface area contributed by atoms with Crippen molar-refractivity contribution in [3.05, 3.63) is 36.0 Å². The minimum atomic E-state index is -0.120. The number of carbonyl (C=O) groups is 1. The monoisotopic (exact) mass is 287 g/mol. The summed E-state index contributed by atoms with van der Waals surface area (Å²) >= 11 is 0. The standard InChI is InChI=1S/C16H21N3O2/c1-11(20)17-15-10-14(16(2,3)4)18-19(15)12-6-8-13(21-5)9-7-12/h6-10H,1-5H3,(H,17,20). The minimum absolute atomic E-state index is 0.0923. The summed E-state index contributed by atoms with van der Waals surface area (Å²) in [6.07, 6.45) is 0. The first kappa shape index (κ1) is 15.1. The average molecular weight is 287 g/mol. The molecule has 2 aromatic rings. The Morgan fingerprint density at radius 2 is 1.86 bits per heavy atom. The zero-order valence-corrected chi connectivity index (χ0v) is 13.1. The fourth-order valence-corrected chi connectivity index (χ4v) is 1.94. The number of rotatable bonds is 3. The number of hydrogen-bond donors (Lipinski definition) is 1. The van der Waals surface area contributed by atoms with Gasteiger partial charge in [0.2, 0.25) is 5.91 Å². The Morgan fingerprint density at radius 1 is 1.24 bits per heavy atom. The van der Waals surface area contributed by atoms with E-state index in [4.69, 9.17) is 4.74 Å². The van der Waals surface area contributed by atoms with Crippen LogP contribution < -0.4 is 10.1 Å². The van der Waals surface area contributed by atoms with E-state index in [0.29, 0.717) is 5.82 Å². The third kappa shape index (κ3) is 3.42. The molecule has 0 saturated heterocycles. The van der Waals surface area contributed by atoms with Crippen molar-refractivity contribution in [1.82, 2.24) is 9.78 Å². The lowest BCUT2D eigenvalue weighted by molar-refractivity contribution is -0.114. The average Bonchev–Trinajstić information content (AvgIpc) is 2.82. The molecule has 0 aliphatic carbocycles. The van der Waals surface area contributed by atoms with Crippen LogP contribution in [0.2, 0.25) is 0 Å². The highest BCUT2D eigenvalue weighted by Gasteiger charge is 2.21. The van der Waals surface area contributed by atoms with Crippen molar-refractivity contribution in [2.75, 3.05) is 12.4 Å². The van der Waals surface area contributed by atoms with Gasteiger partial charge in [-0.1, -0.05) is 20.8 Å². The van der Waals surface area contributed by atoms with E-state index < -0.39 is 0 Å². The quantitative estimate of drug-likeness (QED) is 0.943. The maximum atomic E-state index is 11.4. The molecule has 5 nitrogen and oxygen atoms in total. The van der Waals surface area contributed by atoms with Crippen LogP contribution in [0.5, 0.6) is 5.75 Å². The zero-order valence-electron chi connectivity index (χ0n) is 13.1. The van der Waals surface area contributed by atoms with Crippen molar-refractivity contribution < 1.29 is 9.53 Å². The predicted molar refractivity (Wildman–Crippen MR) is 83.1 cm³/mol. The summed E-state index contributed by atoms with van der Waals surface area (Å²) in [5.41, 5.74) is 1.70. The lowest BCUT2D eigenvalue weighted by Crippen LogP contribution is -2.13. The van der Waals surface area contributed by atoms with Gasteiger partial charge in [0.1, 0.15) is 11.6 Å². The van der Waals surface area contributed by atoms with Crippen LogP contribution >= 0.6 is 0 Å². The first-order chi connectivity index (χ1) is 9.81. The highest BCUT2D eigenvalue weighted by molar-refractivity contribution is 5.88. The SMILES string of the molecule is COc1ccc(-n2nc(C(C)(C)C)cc2NC(C)=O)cc1. The second-order valence-corrected chi connectivity index (χ2v) is 5.96. The molecule has 1 aromatic carbocycles. The lowest BCUT2D eigenvalue weighted by Gasteiger charge is -2.14. The molecule has 0 aliphatic heterocycles. The second kappa shape index (κ2) is 5.60. The van der Waals surface area contributed by atoms with Crippen LogP contribution in [0.25, 0.3) is 5.69 Å². The number of carbonyl (C=O) groups excluding carboxylic acids is 1. The Bertz CT molecular complexity index is 637. The Balaban J connectivity index is 2.48. The molecule has 1 N–H and O–H groups in total. The fraction of sp³-hybridized carbons (Fsp3) is 0.375. The molecule has 0 aliphatic rings. The molecule has 1 aromatic heterocycles. The van der Waals surface area contributed by atoms with Crippen LogP contribution in [0.1, 0.15) is 33.4 Å². The van der Waals surface area contributed by atoms with Gasteiger partial charge in [-0.15, -0.1) is 0 Å². The maximum absolute atomic E-state index is 11.4. The molecule has 0 bridgehead atoms. The van der Waals surface area contributed by atoms with Crippen molar-refractivity contribution >= 4 is 11.7 Å². The van der Waals surface area contributed by atoms with Crippen molar-refractivity contribution in [3.63, 3.8) is 0 Å². The molecule has 0 spiro atoms. The van der Waals surface area contributed by atoms with Crippen molar-refractivity contribution in [2.24, 2.45) is 0 Å². The predicted octanol–water partition coefficient (Wildman–Crippen LogP) is 3.14. The second-order valence-electron chi connectivity index (χ2n) is 5.96. The van der Waals surface area contributed by atoms with Gasteiger partial charge in [0.05, 0.1) is 18.5 Å². The van der Waals surface area contributed by atoms with Crippen molar-refractivity contribution in [3.8, 4) is 11.4 Å². The molecule has 21 heavy (non-hydrogen) atoms. The summed E-state index contributed by atoms with van der Waals surface area (Å²) in [5, 5.41) is 7.44. The van der Waals surface area contributed by atoms with E-state index in [9.17, 15) is 4.79 Å². The summed E-state index contributed by atoms with van der Waals surface area (Å²) in [6, 6.07) is 9.45. The summed E-state index contributed by atoms with van der Waals surface area (Å²) in [4.78, 5) is 11.4. The van der Waals surface area contributed by atoms with E-state index in [1.54, 1.807) is 11.8 Å². The molecular formula is C16H21N3O2. The molecule has 0 atom stereocenters. The van der Waals surface area contributed by atoms with Gasteiger partial charge < -0.3 is 10.1 Å². The van der Waals surface area contributed by atoms with Crippen molar-refractivity contribution in [2.45, 2.75) is 33.1 Å². The smallest absolute Gasteiger partial charge is 0.222 e. The van der Waals surface area contributed by atoms with Crippen molar-refractivity contribution in [1.29, 1.82) is 0 Å². The highest BCUT2D eigenvalue weighted by Crippen LogP contribution is 2.26. The van der Waals surface area contributed by atoms with Crippen LogP contribution in [-0.2, 0) is 10.2 Å². The molecule has 0 radical (unpaired) electrons. The molecule has 1 amide bonds. The van der Waals surface area contributed by atoms with E-state index in [1.165, 1.54) is 6.92 Å². The first-order valence-electron chi connectivity index (χ1n) is 6.84.